The van der Waals surface area contributed by atoms with E-state index < -0.39 is 5.54 Å². The summed E-state index contributed by atoms with van der Waals surface area (Å²) in [6.45, 7) is 5.60. The molecule has 7 heteroatoms. The molecule has 1 saturated heterocycles. The van der Waals surface area contributed by atoms with E-state index in [4.69, 9.17) is 0 Å². The van der Waals surface area contributed by atoms with Gasteiger partial charge < -0.3 is 10.2 Å². The first kappa shape index (κ1) is 21.3. The van der Waals surface area contributed by atoms with Crippen LogP contribution in [0.1, 0.15) is 54.9 Å². The fraction of sp³-hybridized carbons (Fsp3) is 0.591. The number of nitrogens with zero attached hydrogens (tertiary/aromatic N) is 3. The Morgan fingerprint density at radius 3 is 2.41 bits per heavy atom. The number of amides is 2. The van der Waals surface area contributed by atoms with Crippen LogP contribution in [0.15, 0.2) is 18.2 Å². The molecule has 1 atom stereocenters. The number of halogens is 1. The van der Waals surface area contributed by atoms with Crippen LogP contribution in [0, 0.1) is 24.1 Å². The molecule has 0 bridgehead atoms. The highest BCUT2D eigenvalue weighted by Crippen LogP contribution is 2.27. The molecule has 1 aliphatic heterocycles. The third kappa shape index (κ3) is 4.76. The van der Waals surface area contributed by atoms with Crippen molar-refractivity contribution in [1.29, 1.82) is 5.26 Å². The molecule has 1 heterocycles. The molecule has 156 valence electrons. The second kappa shape index (κ2) is 8.91. The van der Waals surface area contributed by atoms with E-state index in [0.717, 1.165) is 19.3 Å². The zero-order valence-electron chi connectivity index (χ0n) is 17.2. The van der Waals surface area contributed by atoms with Gasteiger partial charge in [0.25, 0.3) is 5.91 Å². The topological polar surface area (TPSA) is 76.4 Å². The summed E-state index contributed by atoms with van der Waals surface area (Å²) in [6.07, 6.45) is 4.44. The van der Waals surface area contributed by atoms with Crippen molar-refractivity contribution in [2.45, 2.75) is 57.5 Å². The number of carbonyl (C=O) groups is 2. The number of rotatable bonds is 4. The number of hydrogen-bond donors (Lipinski definition) is 1. The minimum atomic E-state index is -0.739. The molecule has 1 aromatic carbocycles. The molecule has 1 aromatic rings. The average molecular weight is 400 g/mol. The summed E-state index contributed by atoms with van der Waals surface area (Å²) in [5, 5.41) is 12.6. The van der Waals surface area contributed by atoms with Gasteiger partial charge in [0.05, 0.1) is 12.1 Å². The second-order valence-corrected chi connectivity index (χ2v) is 8.21. The Morgan fingerprint density at radius 1 is 1.17 bits per heavy atom. The molecule has 2 aliphatic rings. The Morgan fingerprint density at radius 2 is 1.83 bits per heavy atom. The zero-order valence-corrected chi connectivity index (χ0v) is 17.2. The Bertz CT molecular complexity index is 806. The number of piperazine rings is 1. The minimum Gasteiger partial charge on any atom is -0.336 e. The maximum absolute atomic E-state index is 13.8. The number of nitriles is 1. The van der Waals surface area contributed by atoms with E-state index in [1.165, 1.54) is 6.07 Å². The van der Waals surface area contributed by atoms with Gasteiger partial charge >= 0.3 is 0 Å². The normalized spacial score (nSPS) is 20.6. The predicted octanol–water partition coefficient (Wildman–Crippen LogP) is 2.62. The van der Waals surface area contributed by atoms with Gasteiger partial charge in [0.2, 0.25) is 5.91 Å². The lowest BCUT2D eigenvalue weighted by Crippen LogP contribution is -2.58. The van der Waals surface area contributed by atoms with Crippen LogP contribution in [0.4, 0.5) is 4.39 Å². The van der Waals surface area contributed by atoms with E-state index in [-0.39, 0.29) is 23.7 Å². The largest absolute Gasteiger partial charge is 0.336 e. The Labute approximate surface area is 171 Å². The monoisotopic (exact) mass is 400 g/mol. The fourth-order valence-electron chi connectivity index (χ4n) is 4.15. The summed E-state index contributed by atoms with van der Waals surface area (Å²) in [5.41, 5.74) is 0.122. The van der Waals surface area contributed by atoms with Gasteiger partial charge in [-0.2, -0.15) is 5.26 Å². The molecule has 1 aliphatic carbocycles. The summed E-state index contributed by atoms with van der Waals surface area (Å²) in [6, 6.07) is 6.50. The summed E-state index contributed by atoms with van der Waals surface area (Å²) < 4.78 is 13.8. The van der Waals surface area contributed by atoms with Crippen molar-refractivity contribution in [1.82, 2.24) is 15.1 Å². The molecule has 1 N–H and O–H groups in total. The predicted molar refractivity (Wildman–Crippen MR) is 108 cm³/mol. The summed E-state index contributed by atoms with van der Waals surface area (Å²) in [5.74, 6) is -0.700. The minimum absolute atomic E-state index is 0.131. The molecule has 2 amide bonds. The van der Waals surface area contributed by atoms with E-state index in [9.17, 15) is 19.2 Å². The third-order valence-corrected chi connectivity index (χ3v) is 6.23. The lowest BCUT2D eigenvalue weighted by atomic mass is 9.82. The number of carbonyl (C=O) groups excluding carboxylic acids is 2. The smallest absolute Gasteiger partial charge is 0.254 e. The number of nitrogens with one attached hydrogen (secondary N) is 1. The first-order valence-electron chi connectivity index (χ1n) is 10.4. The van der Waals surface area contributed by atoms with Gasteiger partial charge in [-0.05, 0) is 44.4 Å². The van der Waals surface area contributed by atoms with Crippen LogP contribution in [-0.4, -0.2) is 59.4 Å². The molecule has 0 aromatic heterocycles. The van der Waals surface area contributed by atoms with Crippen LogP contribution in [0.25, 0.3) is 0 Å². The van der Waals surface area contributed by atoms with E-state index in [0.29, 0.717) is 50.1 Å². The van der Waals surface area contributed by atoms with Crippen LogP contribution >= 0.6 is 0 Å². The van der Waals surface area contributed by atoms with Crippen LogP contribution in [0.3, 0.4) is 0 Å². The molecule has 3 rings (SSSR count). The molecule has 1 saturated carbocycles. The third-order valence-electron chi connectivity index (χ3n) is 6.23. The highest BCUT2D eigenvalue weighted by Gasteiger charge is 2.36. The van der Waals surface area contributed by atoms with Gasteiger partial charge in [0.1, 0.15) is 11.4 Å². The van der Waals surface area contributed by atoms with Crippen LogP contribution in [-0.2, 0) is 4.79 Å². The van der Waals surface area contributed by atoms with Crippen molar-refractivity contribution < 1.29 is 14.0 Å². The molecule has 29 heavy (non-hydrogen) atoms. The van der Waals surface area contributed by atoms with Crippen molar-refractivity contribution in [3.05, 3.63) is 35.1 Å². The number of aryl methyl sites for hydroxylation is 1. The summed E-state index contributed by atoms with van der Waals surface area (Å²) in [4.78, 5) is 29.1. The van der Waals surface area contributed by atoms with Gasteiger partial charge in [-0.25, -0.2) is 4.39 Å². The van der Waals surface area contributed by atoms with Gasteiger partial charge in [0.15, 0.2) is 0 Å². The SMILES string of the molecule is Cc1ccc(C(=O)N2CCN(C(C)C(=O)NC3(C#N)CCCCC3)CC2)cc1F. The molecule has 1 unspecified atom stereocenters. The standard InChI is InChI=1S/C22H29FN4O2/c1-16-6-7-18(14-19(16)23)21(29)27-12-10-26(11-13-27)17(2)20(28)25-22(15-24)8-4-3-5-9-22/h6-7,14,17H,3-5,8-13H2,1-2H3,(H,25,28). The second-order valence-electron chi connectivity index (χ2n) is 8.21. The number of benzene rings is 1. The van der Waals surface area contributed by atoms with Gasteiger partial charge in [-0.1, -0.05) is 25.3 Å². The maximum atomic E-state index is 13.8. The van der Waals surface area contributed by atoms with Gasteiger partial charge in [-0.3, -0.25) is 14.5 Å². The molecule has 6 nitrogen and oxygen atoms in total. The summed E-state index contributed by atoms with van der Waals surface area (Å²) >= 11 is 0. The van der Waals surface area contributed by atoms with E-state index in [1.54, 1.807) is 24.0 Å². The van der Waals surface area contributed by atoms with Crippen molar-refractivity contribution in [3.8, 4) is 6.07 Å². The molecular weight excluding hydrogens is 371 g/mol. The van der Waals surface area contributed by atoms with E-state index in [1.807, 2.05) is 11.8 Å². The molecule has 0 radical (unpaired) electrons. The highest BCUT2D eigenvalue weighted by molar-refractivity contribution is 5.94. The quantitative estimate of drug-likeness (QED) is 0.843. The molecule has 2 fully saturated rings. The van der Waals surface area contributed by atoms with Crippen LogP contribution in [0.2, 0.25) is 0 Å². The van der Waals surface area contributed by atoms with Gasteiger partial charge in [-0.15, -0.1) is 0 Å². The number of hydrogen-bond acceptors (Lipinski definition) is 4. The van der Waals surface area contributed by atoms with Crippen molar-refractivity contribution in [2.75, 3.05) is 26.2 Å². The average Bonchev–Trinajstić information content (AvgIpc) is 2.75. The maximum Gasteiger partial charge on any atom is 0.254 e. The molecular formula is C22H29FN4O2. The Hall–Kier alpha value is -2.46. The first-order chi connectivity index (χ1) is 13.8. The van der Waals surface area contributed by atoms with E-state index in [2.05, 4.69) is 11.4 Å². The summed E-state index contributed by atoms with van der Waals surface area (Å²) in [7, 11) is 0. The lowest BCUT2D eigenvalue weighted by Gasteiger charge is -2.39. The van der Waals surface area contributed by atoms with Gasteiger partial charge in [0, 0.05) is 31.7 Å². The highest BCUT2D eigenvalue weighted by atomic mass is 19.1. The van der Waals surface area contributed by atoms with Crippen molar-refractivity contribution in [3.63, 3.8) is 0 Å². The molecule has 0 spiro atoms. The fourth-order valence-corrected chi connectivity index (χ4v) is 4.15. The van der Waals surface area contributed by atoms with Crippen LogP contribution < -0.4 is 5.32 Å². The Kier molecular flexibility index (Phi) is 6.53. The lowest BCUT2D eigenvalue weighted by molar-refractivity contribution is -0.128. The van der Waals surface area contributed by atoms with Crippen LogP contribution in [0.5, 0.6) is 0 Å². The van der Waals surface area contributed by atoms with Crippen molar-refractivity contribution in [2.24, 2.45) is 0 Å². The van der Waals surface area contributed by atoms with E-state index >= 15 is 0 Å². The first-order valence-corrected chi connectivity index (χ1v) is 10.4. The Balaban J connectivity index is 1.55. The zero-order chi connectivity index (χ0) is 21.0. The van der Waals surface area contributed by atoms with Crippen molar-refractivity contribution >= 4 is 11.8 Å².